The van der Waals surface area contributed by atoms with Crippen molar-refractivity contribution < 1.29 is 80.0 Å². The molecule has 0 saturated carbocycles. The first-order valence-electron chi connectivity index (χ1n) is 5.02. The van der Waals surface area contributed by atoms with Gasteiger partial charge in [-0.15, -0.1) is 0 Å². The van der Waals surface area contributed by atoms with Crippen LogP contribution in [-0.2, 0) is 10.1 Å². The minimum absolute atomic E-state index is 0. The molecule has 0 aromatic rings. The summed E-state index contributed by atoms with van der Waals surface area (Å²) in [5.41, 5.74) is 0. The van der Waals surface area contributed by atoms with Gasteiger partial charge < -0.3 is 7.96 Å². The summed E-state index contributed by atoms with van der Waals surface area (Å²) in [5, 5.41) is 8.73. The normalized spacial score (nSPS) is 18.2. The van der Waals surface area contributed by atoms with E-state index in [2.05, 4.69) is 4.90 Å². The molecule has 0 unspecified atom stereocenters. The third-order valence-electron chi connectivity index (χ3n) is 2.55. The summed E-state index contributed by atoms with van der Waals surface area (Å²) < 4.78 is 29.6. The fourth-order valence-electron chi connectivity index (χ4n) is 1.62. The summed E-state index contributed by atoms with van der Waals surface area (Å²) in [6.45, 7) is 4.46. The Kier molecular flexibility index (Phi) is 13.1. The molecule has 9 heteroatoms. The zero-order valence-corrected chi connectivity index (χ0v) is 15.5. The van der Waals surface area contributed by atoms with E-state index in [1.165, 1.54) is 0 Å². The Bertz CT molecular complexity index is 290. The number of aliphatic hydroxyl groups is 1. The van der Waals surface area contributed by atoms with Crippen LogP contribution in [0.25, 0.3) is 0 Å². The second-order valence-corrected chi connectivity index (χ2v) is 5.27. The van der Waals surface area contributed by atoms with Crippen molar-refractivity contribution in [3.63, 3.8) is 0 Å². The second-order valence-electron chi connectivity index (χ2n) is 3.69. The molecule has 1 rings (SSSR count). The van der Waals surface area contributed by atoms with Crippen LogP contribution in [-0.4, -0.2) is 79.5 Å². The first kappa shape index (κ1) is 21.1. The van der Waals surface area contributed by atoms with Gasteiger partial charge in [0.2, 0.25) is 0 Å². The first-order chi connectivity index (χ1) is 7.01. The molecule has 2 N–H and O–H groups in total. The van der Waals surface area contributed by atoms with Gasteiger partial charge in [0.1, 0.15) is 0 Å². The van der Waals surface area contributed by atoms with Crippen LogP contribution in [0, 0.1) is 0 Å². The number of piperazine rings is 1. The molecule has 6 nitrogen and oxygen atoms in total. The van der Waals surface area contributed by atoms with E-state index in [0.717, 1.165) is 26.2 Å². The van der Waals surface area contributed by atoms with Crippen LogP contribution >= 0.6 is 0 Å². The number of rotatable bonds is 5. The van der Waals surface area contributed by atoms with Crippen molar-refractivity contribution in [1.82, 2.24) is 9.80 Å². The van der Waals surface area contributed by atoms with Crippen molar-refractivity contribution >= 4 is 10.1 Å². The molecule has 0 aromatic heterocycles. The molecule has 1 fully saturated rings. The van der Waals surface area contributed by atoms with Crippen LogP contribution in [0.3, 0.4) is 0 Å². The Morgan fingerprint density at radius 1 is 1.00 bits per heavy atom. The van der Waals surface area contributed by atoms with Crippen molar-refractivity contribution in [2.24, 2.45) is 0 Å². The fraction of sp³-hybridized carbons (Fsp3) is 1.00. The van der Waals surface area contributed by atoms with E-state index in [1.807, 2.05) is 4.90 Å². The quantitative estimate of drug-likeness (QED) is 0.386. The van der Waals surface area contributed by atoms with Crippen molar-refractivity contribution in [1.29, 1.82) is 0 Å². The van der Waals surface area contributed by atoms with Gasteiger partial charge in [-0.05, 0) is 0 Å². The van der Waals surface area contributed by atoms with E-state index in [0.29, 0.717) is 13.1 Å². The van der Waals surface area contributed by atoms with Crippen molar-refractivity contribution in [3.05, 3.63) is 0 Å². The van der Waals surface area contributed by atoms with Crippen LogP contribution < -0.4 is 59.1 Å². The van der Waals surface area contributed by atoms with Crippen LogP contribution in [0.2, 0.25) is 0 Å². The molecule has 94 valence electrons. The molecule has 1 aliphatic rings. The van der Waals surface area contributed by atoms with E-state index >= 15 is 0 Å². The molecule has 17 heavy (non-hydrogen) atoms. The van der Waals surface area contributed by atoms with Gasteiger partial charge in [0.25, 0.3) is 10.1 Å². The Balaban J connectivity index is -0.000000281. The third kappa shape index (κ3) is 10.3. The topological polar surface area (TPSA) is 81.1 Å². The summed E-state index contributed by atoms with van der Waals surface area (Å²) >= 11 is 0. The predicted molar refractivity (Wildman–Crippen MR) is 58.6 cm³/mol. The predicted octanol–water partition coefficient (Wildman–Crippen LogP) is -7.28. The first-order valence-corrected chi connectivity index (χ1v) is 6.63. The molecule has 1 saturated heterocycles. The van der Waals surface area contributed by atoms with Gasteiger partial charge >= 0.3 is 59.1 Å². The summed E-state index contributed by atoms with van der Waals surface area (Å²) in [5.74, 6) is -0.201. The van der Waals surface area contributed by atoms with E-state index in [-0.39, 0.29) is 74.3 Å². The molecule has 0 bridgehead atoms. The summed E-state index contributed by atoms with van der Waals surface area (Å²) in [6, 6.07) is 0. The Morgan fingerprint density at radius 3 is 1.76 bits per heavy atom. The van der Waals surface area contributed by atoms with Gasteiger partial charge in [0, 0.05) is 39.3 Å². The average molecular weight is 286 g/mol. The third-order valence-corrected chi connectivity index (χ3v) is 3.25. The van der Waals surface area contributed by atoms with Crippen LogP contribution in [0.15, 0.2) is 0 Å². The number of hydrogen-bond acceptors (Lipinski definition) is 5. The van der Waals surface area contributed by atoms with Gasteiger partial charge in [-0.25, -0.2) is 0 Å². The van der Waals surface area contributed by atoms with Crippen LogP contribution in [0.1, 0.15) is 2.85 Å². The number of β-amino-alcohol motifs (C(OH)–C–C–N with tert-alkyl or cyclic N) is 1. The maximum atomic E-state index is 10.5. The number of hydrogen-bond donors (Lipinski definition) is 2. The maximum Gasteiger partial charge on any atom is 1.00 e. The van der Waals surface area contributed by atoms with Gasteiger partial charge in [-0.3, -0.25) is 14.4 Å². The number of aliphatic hydroxyl groups excluding tert-OH is 1. The molecular weight excluding hydrogens is 266 g/mol. The monoisotopic (exact) mass is 286 g/mol. The minimum atomic E-state index is -3.84. The van der Waals surface area contributed by atoms with Crippen LogP contribution in [0.5, 0.6) is 0 Å². The minimum Gasteiger partial charge on any atom is -1.00 e. The van der Waals surface area contributed by atoms with Gasteiger partial charge in [0.05, 0.1) is 12.4 Å². The van der Waals surface area contributed by atoms with Crippen molar-refractivity contribution in [2.45, 2.75) is 0 Å². The largest absolute Gasteiger partial charge is 1.00 e. The Morgan fingerprint density at radius 2 is 1.41 bits per heavy atom. The summed E-state index contributed by atoms with van der Waals surface area (Å²) in [4.78, 5) is 4.13. The van der Waals surface area contributed by atoms with Gasteiger partial charge in [0.15, 0.2) is 0 Å². The van der Waals surface area contributed by atoms with Crippen molar-refractivity contribution in [2.75, 3.05) is 51.6 Å². The van der Waals surface area contributed by atoms with E-state index in [1.54, 1.807) is 0 Å². The molecule has 0 amide bonds. The van der Waals surface area contributed by atoms with Gasteiger partial charge in [-0.1, -0.05) is 0 Å². The number of nitrogens with zero attached hydrogens (tertiary/aromatic N) is 2. The molecule has 0 radical (unpaired) electrons. The molecule has 0 aliphatic carbocycles. The molecule has 1 heterocycles. The SMILES string of the molecule is O=S(=O)(O)CCN1CCN(CCO)CC1.[H-].[H-].[Na+].[Na+]. The van der Waals surface area contributed by atoms with E-state index in [9.17, 15) is 8.42 Å². The summed E-state index contributed by atoms with van der Waals surface area (Å²) in [6.07, 6.45) is 0. The fourth-order valence-corrected chi connectivity index (χ4v) is 2.11. The van der Waals surface area contributed by atoms with Crippen LogP contribution in [0.4, 0.5) is 0 Å². The second kappa shape index (κ2) is 10.6. The van der Waals surface area contributed by atoms with Crippen molar-refractivity contribution in [3.8, 4) is 0 Å². The smallest absolute Gasteiger partial charge is 1.00 e. The van der Waals surface area contributed by atoms with Gasteiger partial charge in [-0.2, -0.15) is 8.42 Å². The molecule has 0 atom stereocenters. The molecular formula is C8H20N2Na2O4S. The average Bonchev–Trinajstić information content (AvgIpc) is 2.16. The standard InChI is InChI=1S/C8H18N2O4S.2Na.2H/c11-7-5-9-1-3-10(4-2-9)6-8-15(12,13)14;;;;/h11H,1-8H2,(H,12,13,14);;;;/q;2*+1;2*-1. The Labute approximate surface area is 150 Å². The summed E-state index contributed by atoms with van der Waals surface area (Å²) in [7, 11) is -3.84. The zero-order valence-electron chi connectivity index (χ0n) is 12.7. The van der Waals surface area contributed by atoms with E-state index < -0.39 is 10.1 Å². The maximum absolute atomic E-state index is 10.5. The zero-order chi connectivity index (χ0) is 11.3. The van der Waals surface area contributed by atoms with E-state index in [4.69, 9.17) is 9.66 Å². The molecule has 0 aromatic carbocycles. The molecule has 1 aliphatic heterocycles. The Hall–Kier alpha value is 1.79. The molecule has 0 spiro atoms.